The number of pyridine rings is 2. The molecule has 0 N–H and O–H groups in total. The molecule has 1 aliphatic rings. The maximum atomic E-state index is 13.3. The minimum Gasteiger partial charge on any atom is -0.443 e. The van der Waals surface area contributed by atoms with Crippen LogP contribution < -0.4 is 0 Å². The molecule has 0 unspecified atom stereocenters. The zero-order valence-electron chi connectivity index (χ0n) is 24.4. The van der Waals surface area contributed by atoms with Crippen LogP contribution in [0, 0.1) is 0 Å². The van der Waals surface area contributed by atoms with Crippen molar-refractivity contribution in [1.82, 2.24) is 28.9 Å². The quantitative estimate of drug-likeness (QED) is 0.350. The number of aromatic nitrogens is 4. The van der Waals surface area contributed by atoms with Gasteiger partial charge in [0.2, 0.25) is 5.91 Å². The van der Waals surface area contributed by atoms with E-state index in [-0.39, 0.29) is 19.0 Å². The van der Waals surface area contributed by atoms with Crippen LogP contribution in [0.25, 0.3) is 21.8 Å². The molecule has 0 radical (unpaired) electrons. The van der Waals surface area contributed by atoms with E-state index in [1.54, 1.807) is 46.4 Å². The Morgan fingerprint density at radius 2 is 1.27 bits per heavy atom. The number of piperazine rings is 1. The van der Waals surface area contributed by atoms with Gasteiger partial charge in [0.1, 0.15) is 11.2 Å². The molecule has 0 bridgehead atoms. The molecule has 216 valence electrons. The van der Waals surface area contributed by atoms with E-state index in [1.165, 1.54) is 4.57 Å². The van der Waals surface area contributed by atoms with Crippen LogP contribution in [0.3, 0.4) is 0 Å². The molecule has 1 fully saturated rings. The second-order valence-electron chi connectivity index (χ2n) is 12.3. The van der Waals surface area contributed by atoms with Crippen LogP contribution in [0.4, 0.5) is 9.59 Å². The van der Waals surface area contributed by atoms with Gasteiger partial charge >= 0.3 is 12.2 Å². The summed E-state index contributed by atoms with van der Waals surface area (Å²) in [5, 5.41) is 1.62. The zero-order chi connectivity index (χ0) is 29.5. The van der Waals surface area contributed by atoms with Crippen molar-refractivity contribution in [3.8, 4) is 0 Å². The molecular weight excluding hydrogens is 524 g/mol. The van der Waals surface area contributed by atoms with E-state index in [1.807, 2.05) is 58.6 Å². The summed E-state index contributed by atoms with van der Waals surface area (Å²) in [6, 6.07) is 7.34. The fourth-order valence-electron chi connectivity index (χ4n) is 4.99. The third-order valence-electron chi connectivity index (χ3n) is 6.64. The van der Waals surface area contributed by atoms with Crippen LogP contribution in [-0.2, 0) is 27.4 Å². The maximum Gasteiger partial charge on any atom is 0.419 e. The van der Waals surface area contributed by atoms with Crippen molar-refractivity contribution in [3.63, 3.8) is 0 Å². The first kappa shape index (κ1) is 28.3. The highest BCUT2D eigenvalue weighted by Gasteiger charge is 2.29. The van der Waals surface area contributed by atoms with Crippen LogP contribution >= 0.6 is 0 Å². The molecular formula is C30H36N6O5. The van der Waals surface area contributed by atoms with Crippen LogP contribution in [0.2, 0.25) is 0 Å². The summed E-state index contributed by atoms with van der Waals surface area (Å²) in [7, 11) is 0. The van der Waals surface area contributed by atoms with Crippen molar-refractivity contribution in [2.45, 2.75) is 65.8 Å². The third-order valence-corrected chi connectivity index (χ3v) is 6.64. The molecule has 1 saturated heterocycles. The molecule has 1 aliphatic heterocycles. The fraction of sp³-hybridized carbons (Fsp3) is 0.433. The lowest BCUT2D eigenvalue weighted by atomic mass is 10.2. The molecule has 4 aromatic heterocycles. The first-order valence-electron chi connectivity index (χ1n) is 13.6. The predicted molar refractivity (Wildman–Crippen MR) is 153 cm³/mol. The number of fused-ring (bicyclic) bond motifs is 2. The highest BCUT2D eigenvalue weighted by molar-refractivity contribution is 5.91. The Morgan fingerprint density at radius 3 is 1.73 bits per heavy atom. The van der Waals surface area contributed by atoms with Crippen LogP contribution in [-0.4, -0.2) is 77.8 Å². The Labute approximate surface area is 238 Å². The molecule has 0 spiro atoms. The molecule has 11 nitrogen and oxygen atoms in total. The first-order chi connectivity index (χ1) is 19.3. The van der Waals surface area contributed by atoms with E-state index in [9.17, 15) is 14.4 Å². The van der Waals surface area contributed by atoms with E-state index in [2.05, 4.69) is 9.97 Å². The fourth-order valence-corrected chi connectivity index (χ4v) is 4.99. The number of carbonyl (C=O) groups excluding carboxylic acids is 3. The van der Waals surface area contributed by atoms with Gasteiger partial charge in [0.05, 0.1) is 24.1 Å². The monoisotopic (exact) mass is 560 g/mol. The second-order valence-corrected chi connectivity index (χ2v) is 12.3. The van der Waals surface area contributed by atoms with Gasteiger partial charge in [0, 0.05) is 66.6 Å². The molecule has 1 amide bonds. The number of ether oxygens (including phenoxy) is 2. The number of hydrogen-bond donors (Lipinski definition) is 0. The summed E-state index contributed by atoms with van der Waals surface area (Å²) in [5.41, 5.74) is 1.44. The van der Waals surface area contributed by atoms with Gasteiger partial charge in [-0.3, -0.25) is 19.7 Å². The minimum atomic E-state index is -0.669. The van der Waals surface area contributed by atoms with E-state index in [0.717, 1.165) is 16.5 Å². The minimum absolute atomic E-state index is 0.0723. The summed E-state index contributed by atoms with van der Waals surface area (Å²) < 4.78 is 14.4. The van der Waals surface area contributed by atoms with Crippen molar-refractivity contribution in [3.05, 3.63) is 60.4 Å². The molecule has 0 aromatic carbocycles. The van der Waals surface area contributed by atoms with Crippen molar-refractivity contribution in [2.24, 2.45) is 0 Å². The molecule has 11 heteroatoms. The topological polar surface area (TPSA) is 112 Å². The van der Waals surface area contributed by atoms with E-state index in [4.69, 9.17) is 9.47 Å². The van der Waals surface area contributed by atoms with Crippen LogP contribution in [0.1, 0.15) is 52.9 Å². The summed E-state index contributed by atoms with van der Waals surface area (Å²) in [4.78, 5) is 51.7. The third kappa shape index (κ3) is 6.25. The number of rotatable bonds is 4. The summed E-state index contributed by atoms with van der Waals surface area (Å²) in [5.74, 6) is -0.0723. The normalized spacial score (nSPS) is 15.1. The standard InChI is InChI=1S/C30H36N6O5/c1-29(2,3)40-27(38)35-22(13-20-15-31-9-7-24(20)35)17-33-11-12-34(26(37)19-33)18-23-14-21-16-32-10-8-25(21)36(23)28(39)41-30(4,5)6/h7-10,13-16H,11-12,17-19H2,1-6H3. The Morgan fingerprint density at radius 1 is 0.780 bits per heavy atom. The zero-order valence-corrected chi connectivity index (χ0v) is 24.4. The average Bonchev–Trinajstić information content (AvgIpc) is 3.41. The molecule has 5 heterocycles. The Balaban J connectivity index is 1.34. The predicted octanol–water partition coefficient (Wildman–Crippen LogP) is 4.80. The highest BCUT2D eigenvalue weighted by atomic mass is 16.6. The molecule has 0 atom stereocenters. The van der Waals surface area contributed by atoms with Gasteiger partial charge in [-0.05, 0) is 65.8 Å². The number of amides is 1. The molecule has 0 aliphatic carbocycles. The lowest BCUT2D eigenvalue weighted by Crippen LogP contribution is -2.50. The second kappa shape index (κ2) is 10.6. The van der Waals surface area contributed by atoms with Crippen molar-refractivity contribution in [1.29, 1.82) is 0 Å². The largest absolute Gasteiger partial charge is 0.443 e. The van der Waals surface area contributed by atoms with Gasteiger partial charge in [0.15, 0.2) is 0 Å². The van der Waals surface area contributed by atoms with Gasteiger partial charge in [-0.25, -0.2) is 18.7 Å². The molecule has 5 rings (SSSR count). The van der Waals surface area contributed by atoms with Crippen molar-refractivity contribution in [2.75, 3.05) is 19.6 Å². The van der Waals surface area contributed by atoms with Gasteiger partial charge < -0.3 is 14.4 Å². The Bertz CT molecular complexity index is 1620. The smallest absolute Gasteiger partial charge is 0.419 e. The van der Waals surface area contributed by atoms with Crippen LogP contribution in [0.5, 0.6) is 0 Å². The van der Waals surface area contributed by atoms with E-state index < -0.39 is 23.4 Å². The van der Waals surface area contributed by atoms with Crippen molar-refractivity contribution >= 4 is 39.9 Å². The Hall–Kier alpha value is -4.25. The summed E-state index contributed by atoms with van der Waals surface area (Å²) in [6.07, 6.45) is 5.71. The molecule has 41 heavy (non-hydrogen) atoms. The lowest BCUT2D eigenvalue weighted by Gasteiger charge is -2.34. The molecule has 4 aromatic rings. The van der Waals surface area contributed by atoms with E-state index in [0.29, 0.717) is 36.4 Å². The average molecular weight is 561 g/mol. The summed E-state index contributed by atoms with van der Waals surface area (Å²) in [6.45, 7) is 12.8. The molecule has 0 saturated carbocycles. The van der Waals surface area contributed by atoms with Gasteiger partial charge in [-0.2, -0.15) is 0 Å². The SMILES string of the molecule is CC(C)(C)OC(=O)n1c(CN2CCN(Cc3cc4cnccc4n3C(=O)OC(C)(C)C)C(=O)C2)cc2cnccc21. The lowest BCUT2D eigenvalue weighted by molar-refractivity contribution is -0.137. The van der Waals surface area contributed by atoms with Gasteiger partial charge in [-0.1, -0.05) is 0 Å². The summed E-state index contributed by atoms with van der Waals surface area (Å²) >= 11 is 0. The van der Waals surface area contributed by atoms with E-state index >= 15 is 0 Å². The van der Waals surface area contributed by atoms with Gasteiger partial charge in [0.25, 0.3) is 0 Å². The number of nitrogens with zero attached hydrogens (tertiary/aromatic N) is 6. The maximum absolute atomic E-state index is 13.3. The highest BCUT2D eigenvalue weighted by Crippen LogP contribution is 2.25. The number of hydrogen-bond acceptors (Lipinski definition) is 8. The number of carbonyl (C=O) groups is 3. The van der Waals surface area contributed by atoms with Gasteiger partial charge in [-0.15, -0.1) is 0 Å². The first-order valence-corrected chi connectivity index (χ1v) is 13.6. The Kier molecular flexibility index (Phi) is 7.33. The van der Waals surface area contributed by atoms with Crippen LogP contribution in [0.15, 0.2) is 49.1 Å². The van der Waals surface area contributed by atoms with Crippen molar-refractivity contribution < 1.29 is 23.9 Å².